The molecule has 6 heteroatoms. The topological polar surface area (TPSA) is 80.9 Å². The second kappa shape index (κ2) is 9.26. The molecule has 0 spiro atoms. The molecule has 1 aliphatic rings. The summed E-state index contributed by atoms with van der Waals surface area (Å²) in [6, 6.07) is 14.9. The molecule has 30 heavy (non-hydrogen) atoms. The number of anilines is 2. The van der Waals surface area contributed by atoms with Gasteiger partial charge in [0.2, 0.25) is 5.91 Å². The maximum atomic E-state index is 12.6. The van der Waals surface area contributed by atoms with Gasteiger partial charge in [0.1, 0.15) is 0 Å². The average Bonchev–Trinajstić information content (AvgIpc) is 3.25. The Labute approximate surface area is 181 Å². The van der Waals surface area contributed by atoms with Gasteiger partial charge >= 0.3 is 0 Å². The molecule has 0 atom stereocenters. The maximum Gasteiger partial charge on any atom is 0.229 e. The van der Waals surface area contributed by atoms with Gasteiger partial charge in [-0.2, -0.15) is 0 Å². The number of rotatable bonds is 6. The molecule has 5 nitrogen and oxygen atoms in total. The largest absolute Gasteiger partial charge is 0.399 e. The molecule has 1 amide bonds. The Bertz CT molecular complexity index is 1010. The monoisotopic (exact) mass is 420 g/mol. The predicted molar refractivity (Wildman–Crippen MR) is 121 cm³/mol. The van der Waals surface area contributed by atoms with Crippen LogP contribution in [0.25, 0.3) is 11.3 Å². The van der Waals surface area contributed by atoms with Gasteiger partial charge in [0.15, 0.2) is 5.82 Å². The fraction of sp³-hybridized carbons (Fsp3) is 0.292. The number of hydrogen-bond donors (Lipinski definition) is 2. The van der Waals surface area contributed by atoms with E-state index in [1.807, 2.05) is 36.4 Å². The normalized spacial score (nSPS) is 14.0. The number of aromatic nitrogens is 2. The van der Waals surface area contributed by atoms with E-state index < -0.39 is 0 Å². The van der Waals surface area contributed by atoms with Crippen molar-refractivity contribution in [1.29, 1.82) is 0 Å². The Hall–Kier alpha value is -2.92. The van der Waals surface area contributed by atoms with Crippen LogP contribution in [0.1, 0.15) is 36.9 Å². The number of amides is 1. The molecule has 1 saturated carbocycles. The van der Waals surface area contributed by atoms with Crippen LogP contribution < -0.4 is 11.1 Å². The van der Waals surface area contributed by atoms with Crippen LogP contribution in [0.5, 0.6) is 0 Å². The van der Waals surface area contributed by atoms with Crippen molar-refractivity contribution in [3.63, 3.8) is 0 Å². The highest BCUT2D eigenvalue weighted by atomic mass is 35.5. The molecule has 1 aliphatic carbocycles. The summed E-state index contributed by atoms with van der Waals surface area (Å²) in [6.07, 6.45) is 7.72. The van der Waals surface area contributed by atoms with Crippen LogP contribution in [-0.2, 0) is 17.6 Å². The molecule has 2 aromatic carbocycles. The molecular weight excluding hydrogens is 396 g/mol. The van der Waals surface area contributed by atoms with Crippen LogP contribution >= 0.6 is 11.6 Å². The predicted octanol–water partition coefficient (Wildman–Crippen LogP) is 5.29. The first-order chi connectivity index (χ1) is 14.6. The Morgan fingerprint density at radius 3 is 2.47 bits per heavy atom. The third kappa shape index (κ3) is 5.16. The van der Waals surface area contributed by atoms with Crippen LogP contribution in [0.3, 0.4) is 0 Å². The molecule has 0 unspecified atom stereocenters. The van der Waals surface area contributed by atoms with E-state index in [4.69, 9.17) is 22.3 Å². The number of benzene rings is 2. The minimum Gasteiger partial charge on any atom is -0.399 e. The van der Waals surface area contributed by atoms with E-state index in [2.05, 4.69) is 10.3 Å². The van der Waals surface area contributed by atoms with Crippen molar-refractivity contribution >= 4 is 29.0 Å². The summed E-state index contributed by atoms with van der Waals surface area (Å²) in [7, 11) is 0. The number of nitrogen functional groups attached to an aromatic ring is 1. The Morgan fingerprint density at radius 2 is 1.77 bits per heavy atom. The molecule has 0 saturated heterocycles. The molecule has 3 aromatic rings. The van der Waals surface area contributed by atoms with Gasteiger partial charge in [-0.05, 0) is 42.2 Å². The molecule has 4 rings (SSSR count). The molecule has 154 valence electrons. The smallest absolute Gasteiger partial charge is 0.229 e. The minimum atomic E-state index is -0.112. The summed E-state index contributed by atoms with van der Waals surface area (Å²) in [5.74, 6) is 1.03. The van der Waals surface area contributed by atoms with E-state index in [9.17, 15) is 4.79 Å². The molecule has 0 radical (unpaired) electrons. The van der Waals surface area contributed by atoms with Gasteiger partial charge in [0, 0.05) is 16.3 Å². The van der Waals surface area contributed by atoms with Gasteiger partial charge in [-0.3, -0.25) is 4.79 Å². The molecule has 3 N–H and O–H groups in total. The molecule has 0 bridgehead atoms. The maximum absolute atomic E-state index is 12.6. The van der Waals surface area contributed by atoms with Gasteiger partial charge < -0.3 is 11.1 Å². The summed E-state index contributed by atoms with van der Waals surface area (Å²) in [5.41, 5.74) is 10.0. The summed E-state index contributed by atoms with van der Waals surface area (Å²) in [6.45, 7) is 0. The van der Waals surface area contributed by atoms with Gasteiger partial charge in [0.25, 0.3) is 0 Å². The van der Waals surface area contributed by atoms with Crippen LogP contribution in [-0.4, -0.2) is 15.9 Å². The van der Waals surface area contributed by atoms with Crippen LogP contribution in [0.15, 0.2) is 54.7 Å². The van der Waals surface area contributed by atoms with E-state index >= 15 is 0 Å². The molecule has 0 aliphatic heterocycles. The highest BCUT2D eigenvalue weighted by molar-refractivity contribution is 6.30. The number of hydrogen-bond acceptors (Lipinski definition) is 4. The van der Waals surface area contributed by atoms with Crippen molar-refractivity contribution in [3.05, 3.63) is 71.0 Å². The summed E-state index contributed by atoms with van der Waals surface area (Å²) in [4.78, 5) is 22.1. The first-order valence-electron chi connectivity index (χ1n) is 10.3. The highest BCUT2D eigenvalue weighted by Gasteiger charge is 2.20. The number of carbonyl (C=O) groups is 1. The lowest BCUT2D eigenvalue weighted by molar-refractivity contribution is -0.115. The number of nitrogens with two attached hydrogens (primary N) is 1. The first kappa shape index (κ1) is 20.4. The van der Waals surface area contributed by atoms with E-state index in [-0.39, 0.29) is 12.3 Å². The third-order valence-corrected chi connectivity index (χ3v) is 5.80. The van der Waals surface area contributed by atoms with Gasteiger partial charge in [0.05, 0.1) is 24.0 Å². The summed E-state index contributed by atoms with van der Waals surface area (Å²) >= 11 is 5.93. The van der Waals surface area contributed by atoms with Crippen LogP contribution in [0.4, 0.5) is 11.5 Å². The first-order valence-corrected chi connectivity index (χ1v) is 10.7. The molecule has 1 aromatic heterocycles. The summed E-state index contributed by atoms with van der Waals surface area (Å²) < 4.78 is 0. The zero-order valence-electron chi connectivity index (χ0n) is 16.8. The lowest BCUT2D eigenvalue weighted by atomic mass is 10.0. The Balaban J connectivity index is 1.56. The molecule has 1 heterocycles. The number of halogens is 1. The van der Waals surface area contributed by atoms with E-state index in [0.29, 0.717) is 22.4 Å². The van der Waals surface area contributed by atoms with Crippen molar-refractivity contribution < 1.29 is 4.79 Å². The van der Waals surface area contributed by atoms with Crippen molar-refractivity contribution in [3.8, 4) is 11.3 Å². The third-order valence-electron chi connectivity index (χ3n) is 5.54. The summed E-state index contributed by atoms with van der Waals surface area (Å²) in [5, 5.41) is 3.62. The second-order valence-corrected chi connectivity index (χ2v) is 8.32. The lowest BCUT2D eigenvalue weighted by Crippen LogP contribution is -2.18. The van der Waals surface area contributed by atoms with Crippen molar-refractivity contribution in [2.24, 2.45) is 5.92 Å². The standard InChI is InChI=1S/C24H25ClN4O/c25-19-9-5-17(6-10-19)14-23(30)29-24-21(13-16-3-1-2-4-16)28-22(15-27-24)18-7-11-20(26)12-8-18/h5-12,15-16H,1-4,13-14,26H2,(H,27,29,30). The average molecular weight is 421 g/mol. The van der Waals surface area contributed by atoms with E-state index in [1.54, 1.807) is 18.3 Å². The van der Waals surface area contributed by atoms with Crippen molar-refractivity contribution in [2.75, 3.05) is 11.1 Å². The van der Waals surface area contributed by atoms with Gasteiger partial charge in [-0.25, -0.2) is 9.97 Å². The zero-order valence-corrected chi connectivity index (χ0v) is 17.5. The second-order valence-electron chi connectivity index (χ2n) is 7.88. The number of carbonyl (C=O) groups excluding carboxylic acids is 1. The Morgan fingerprint density at radius 1 is 1.07 bits per heavy atom. The Kier molecular flexibility index (Phi) is 6.29. The van der Waals surface area contributed by atoms with E-state index in [1.165, 1.54) is 25.7 Å². The van der Waals surface area contributed by atoms with Gasteiger partial charge in [-0.1, -0.05) is 61.5 Å². The molecule has 1 fully saturated rings. The fourth-order valence-corrected chi connectivity index (χ4v) is 4.04. The SMILES string of the molecule is Nc1ccc(-c2cnc(NC(=O)Cc3ccc(Cl)cc3)c(CC3CCCC3)n2)cc1. The van der Waals surface area contributed by atoms with E-state index in [0.717, 1.165) is 28.9 Å². The molecular formula is C24H25ClN4O. The zero-order chi connectivity index (χ0) is 20.9. The number of nitrogens with one attached hydrogen (secondary N) is 1. The minimum absolute atomic E-state index is 0.112. The van der Waals surface area contributed by atoms with Crippen molar-refractivity contribution in [1.82, 2.24) is 9.97 Å². The van der Waals surface area contributed by atoms with Crippen molar-refractivity contribution in [2.45, 2.75) is 38.5 Å². The fourth-order valence-electron chi connectivity index (χ4n) is 3.92. The quantitative estimate of drug-likeness (QED) is 0.530. The highest BCUT2D eigenvalue weighted by Crippen LogP contribution is 2.30. The van der Waals surface area contributed by atoms with Crippen LogP contribution in [0, 0.1) is 5.92 Å². The van der Waals surface area contributed by atoms with Gasteiger partial charge in [-0.15, -0.1) is 0 Å². The lowest BCUT2D eigenvalue weighted by Gasteiger charge is -2.14. The number of nitrogens with zero attached hydrogens (tertiary/aromatic N) is 2. The van der Waals surface area contributed by atoms with Crippen LogP contribution in [0.2, 0.25) is 5.02 Å².